The number of hydrogen-bond acceptors (Lipinski definition) is 6. The SMILES string of the molecule is Cc1nn(C2CCS(=O)(=O)C2)c2nc(-c3ccco3)cc(C(=O)N3CCCc4ccccc43)c12. The zero-order chi connectivity index (χ0) is 23.4. The first kappa shape index (κ1) is 21.1. The first-order valence-electron chi connectivity index (χ1n) is 11.5. The molecule has 1 saturated heterocycles. The van der Waals surface area contributed by atoms with Crippen LogP contribution in [-0.4, -0.2) is 47.1 Å². The van der Waals surface area contributed by atoms with Crippen LogP contribution in [0.25, 0.3) is 22.5 Å². The molecule has 6 rings (SSSR count). The second-order valence-corrected chi connectivity index (χ2v) is 11.2. The van der Waals surface area contributed by atoms with Crippen LogP contribution in [-0.2, 0) is 16.3 Å². The molecule has 0 N–H and O–H groups in total. The molecule has 1 unspecified atom stereocenters. The van der Waals surface area contributed by atoms with Crippen LogP contribution in [0, 0.1) is 6.92 Å². The third-order valence-corrected chi connectivity index (χ3v) is 8.50. The minimum atomic E-state index is -3.12. The molecule has 4 aromatic rings. The van der Waals surface area contributed by atoms with Gasteiger partial charge in [0.05, 0.1) is 40.5 Å². The zero-order valence-electron chi connectivity index (χ0n) is 18.8. The van der Waals surface area contributed by atoms with Crippen LogP contribution in [0.1, 0.15) is 40.5 Å². The van der Waals surface area contributed by atoms with Gasteiger partial charge in [-0.2, -0.15) is 5.10 Å². The summed E-state index contributed by atoms with van der Waals surface area (Å²) in [5.74, 6) is 0.582. The van der Waals surface area contributed by atoms with Crippen LogP contribution in [0.15, 0.2) is 53.1 Å². The van der Waals surface area contributed by atoms with Gasteiger partial charge in [-0.25, -0.2) is 18.1 Å². The standard InChI is InChI=1S/C25H24N4O4S/c1-16-23-19(25(30)28-11-4-7-17-6-2-3-8-21(17)28)14-20(22-9-5-12-33-22)26-24(23)29(27-16)18-10-13-34(31,32)15-18/h2-3,5-6,8-9,12,14,18H,4,7,10-11,13,15H2,1H3. The number of nitrogens with zero attached hydrogens (tertiary/aromatic N) is 4. The minimum absolute atomic E-state index is 0.0264. The van der Waals surface area contributed by atoms with Crippen LogP contribution < -0.4 is 4.90 Å². The van der Waals surface area contributed by atoms with Gasteiger partial charge in [0, 0.05) is 12.2 Å². The van der Waals surface area contributed by atoms with E-state index in [2.05, 4.69) is 11.2 Å². The Kier molecular flexibility index (Phi) is 4.84. The average molecular weight is 477 g/mol. The highest BCUT2D eigenvalue weighted by Crippen LogP contribution is 2.35. The molecule has 0 spiro atoms. The lowest BCUT2D eigenvalue weighted by atomic mass is 10.00. The molecular weight excluding hydrogens is 452 g/mol. The number of carbonyl (C=O) groups is 1. The Balaban J connectivity index is 1.55. The Hall–Kier alpha value is -3.46. The van der Waals surface area contributed by atoms with Crippen LogP contribution in [0.5, 0.6) is 0 Å². The van der Waals surface area contributed by atoms with E-state index in [0.717, 1.165) is 24.1 Å². The molecule has 34 heavy (non-hydrogen) atoms. The van der Waals surface area contributed by atoms with Crippen LogP contribution in [0.4, 0.5) is 5.69 Å². The zero-order valence-corrected chi connectivity index (χ0v) is 19.6. The van der Waals surface area contributed by atoms with Crippen molar-refractivity contribution in [2.75, 3.05) is 23.0 Å². The highest BCUT2D eigenvalue weighted by atomic mass is 32.2. The number of sulfone groups is 1. The molecule has 9 heteroatoms. The molecule has 0 radical (unpaired) electrons. The number of anilines is 1. The second-order valence-electron chi connectivity index (χ2n) is 9.01. The monoisotopic (exact) mass is 476 g/mol. The molecule has 5 heterocycles. The summed E-state index contributed by atoms with van der Waals surface area (Å²) in [7, 11) is -3.12. The maximum absolute atomic E-state index is 14.0. The molecule has 1 aromatic carbocycles. The largest absolute Gasteiger partial charge is 0.463 e. The lowest BCUT2D eigenvalue weighted by Gasteiger charge is -2.29. The van der Waals surface area contributed by atoms with Crippen LogP contribution in [0.3, 0.4) is 0 Å². The molecule has 1 atom stereocenters. The molecule has 174 valence electrons. The molecule has 0 aliphatic carbocycles. The van der Waals surface area contributed by atoms with Gasteiger partial charge in [0.25, 0.3) is 5.91 Å². The predicted octanol–water partition coefficient (Wildman–Crippen LogP) is 3.95. The highest BCUT2D eigenvalue weighted by molar-refractivity contribution is 7.91. The number of fused-ring (bicyclic) bond motifs is 2. The summed E-state index contributed by atoms with van der Waals surface area (Å²) in [6, 6.07) is 13.0. The number of furan rings is 1. The van der Waals surface area contributed by atoms with E-state index in [1.54, 1.807) is 29.1 Å². The van der Waals surface area contributed by atoms with E-state index in [0.29, 0.717) is 46.7 Å². The Bertz CT molecular complexity index is 1520. The smallest absolute Gasteiger partial charge is 0.259 e. The lowest BCUT2D eigenvalue weighted by Crippen LogP contribution is -2.35. The van der Waals surface area contributed by atoms with E-state index >= 15 is 0 Å². The van der Waals surface area contributed by atoms with Gasteiger partial charge in [0.2, 0.25) is 0 Å². The fourth-order valence-electron chi connectivity index (χ4n) is 5.15. The van der Waals surface area contributed by atoms with Crippen molar-refractivity contribution in [1.82, 2.24) is 14.8 Å². The van der Waals surface area contributed by atoms with Crippen molar-refractivity contribution in [1.29, 1.82) is 0 Å². The molecule has 2 aliphatic heterocycles. The van der Waals surface area contributed by atoms with Crippen molar-refractivity contribution in [3.63, 3.8) is 0 Å². The van der Waals surface area contributed by atoms with Crippen LogP contribution >= 0.6 is 0 Å². The van der Waals surface area contributed by atoms with Gasteiger partial charge in [0.15, 0.2) is 21.2 Å². The maximum Gasteiger partial charge on any atom is 0.259 e. The molecule has 0 saturated carbocycles. The van der Waals surface area contributed by atoms with E-state index in [1.165, 1.54) is 0 Å². The van der Waals surface area contributed by atoms with Crippen molar-refractivity contribution in [3.8, 4) is 11.5 Å². The van der Waals surface area contributed by atoms with Gasteiger partial charge in [0.1, 0.15) is 5.69 Å². The number of aromatic nitrogens is 3. The summed E-state index contributed by atoms with van der Waals surface area (Å²) in [5.41, 5.74) is 4.27. The lowest BCUT2D eigenvalue weighted by molar-refractivity contribution is 0.0986. The first-order valence-corrected chi connectivity index (χ1v) is 13.3. The number of amides is 1. The number of carbonyl (C=O) groups excluding carboxylic acids is 1. The summed E-state index contributed by atoms with van der Waals surface area (Å²) in [5, 5.41) is 5.34. The number of aryl methyl sites for hydroxylation is 2. The van der Waals surface area contributed by atoms with Gasteiger partial charge in [-0.05, 0) is 56.0 Å². The van der Waals surface area contributed by atoms with Crippen molar-refractivity contribution >= 4 is 32.5 Å². The number of pyridine rings is 1. The Morgan fingerprint density at radius 3 is 2.79 bits per heavy atom. The Labute approximate surface area is 197 Å². The maximum atomic E-state index is 14.0. The summed E-state index contributed by atoms with van der Waals surface area (Å²) < 4.78 is 31.6. The molecule has 0 bridgehead atoms. The molecule has 8 nitrogen and oxygen atoms in total. The topological polar surface area (TPSA) is 98.3 Å². The molecular formula is C25H24N4O4S. The van der Waals surface area contributed by atoms with E-state index in [4.69, 9.17) is 9.40 Å². The number of hydrogen-bond donors (Lipinski definition) is 0. The summed E-state index contributed by atoms with van der Waals surface area (Å²) in [6.07, 6.45) is 3.88. The molecule has 2 aliphatic rings. The fraction of sp³-hybridized carbons (Fsp3) is 0.320. The first-order chi connectivity index (χ1) is 16.4. The van der Waals surface area contributed by atoms with E-state index < -0.39 is 9.84 Å². The van der Waals surface area contributed by atoms with Gasteiger partial charge < -0.3 is 9.32 Å². The number of benzene rings is 1. The Morgan fingerprint density at radius 1 is 1.18 bits per heavy atom. The van der Waals surface area contributed by atoms with E-state index in [9.17, 15) is 13.2 Å². The van der Waals surface area contributed by atoms with Gasteiger partial charge >= 0.3 is 0 Å². The third-order valence-electron chi connectivity index (χ3n) is 6.75. The number of rotatable bonds is 3. The summed E-state index contributed by atoms with van der Waals surface area (Å²) in [4.78, 5) is 20.7. The van der Waals surface area contributed by atoms with E-state index in [1.807, 2.05) is 30.0 Å². The summed E-state index contributed by atoms with van der Waals surface area (Å²) in [6.45, 7) is 2.47. The number of para-hydroxylation sites is 1. The highest BCUT2D eigenvalue weighted by Gasteiger charge is 2.33. The fourth-order valence-corrected chi connectivity index (χ4v) is 6.84. The summed E-state index contributed by atoms with van der Waals surface area (Å²) >= 11 is 0. The molecule has 1 fully saturated rings. The van der Waals surface area contributed by atoms with E-state index in [-0.39, 0.29) is 23.5 Å². The molecule has 3 aromatic heterocycles. The van der Waals surface area contributed by atoms with Crippen molar-refractivity contribution in [2.45, 2.75) is 32.2 Å². The molecule has 1 amide bonds. The van der Waals surface area contributed by atoms with Gasteiger partial charge in [-0.1, -0.05) is 18.2 Å². The Morgan fingerprint density at radius 2 is 2.03 bits per heavy atom. The normalized spacial score (nSPS) is 19.4. The predicted molar refractivity (Wildman–Crippen MR) is 129 cm³/mol. The van der Waals surface area contributed by atoms with Gasteiger partial charge in [-0.15, -0.1) is 0 Å². The van der Waals surface area contributed by atoms with Crippen molar-refractivity contribution < 1.29 is 17.6 Å². The van der Waals surface area contributed by atoms with Crippen LogP contribution in [0.2, 0.25) is 0 Å². The average Bonchev–Trinajstić information content (AvgIpc) is 3.57. The van der Waals surface area contributed by atoms with Gasteiger partial charge in [-0.3, -0.25) is 4.79 Å². The van der Waals surface area contributed by atoms with Crippen molar-refractivity contribution in [3.05, 3.63) is 65.5 Å². The third kappa shape index (κ3) is 3.42. The minimum Gasteiger partial charge on any atom is -0.463 e. The quantitative estimate of drug-likeness (QED) is 0.444. The van der Waals surface area contributed by atoms with Crippen molar-refractivity contribution in [2.24, 2.45) is 0 Å². The second kappa shape index (κ2) is 7.80.